The van der Waals surface area contributed by atoms with Crippen LogP contribution in [0.4, 0.5) is 5.69 Å². The fraction of sp³-hybridized carbons (Fsp3) is 0.167. The summed E-state index contributed by atoms with van der Waals surface area (Å²) in [6.45, 7) is 4.39. The van der Waals surface area contributed by atoms with Crippen molar-refractivity contribution >= 4 is 27.9 Å². The smallest absolute Gasteiger partial charge is 0.118 e. The van der Waals surface area contributed by atoms with Crippen molar-refractivity contribution in [2.45, 2.75) is 19.8 Å². The molecule has 0 amide bonds. The molecule has 4 rings (SSSR count). The van der Waals surface area contributed by atoms with Gasteiger partial charge >= 0.3 is 0 Å². The molecule has 1 heterocycles. The molecule has 2 N–H and O–H groups in total. The van der Waals surface area contributed by atoms with Gasteiger partial charge in [-0.05, 0) is 65.1 Å². The maximum absolute atomic E-state index is 10.7. The van der Waals surface area contributed by atoms with Crippen LogP contribution in [0.2, 0.25) is 0 Å². The van der Waals surface area contributed by atoms with E-state index in [4.69, 9.17) is 4.74 Å². The van der Waals surface area contributed by atoms with Crippen LogP contribution < -0.4 is 15.0 Å². The van der Waals surface area contributed by atoms with Gasteiger partial charge < -0.3 is 19.3 Å². The Labute approximate surface area is 184 Å². The average molecular weight is 435 g/mol. The molecule has 1 atom stereocenters. The van der Waals surface area contributed by atoms with Crippen LogP contribution in [-0.4, -0.2) is 20.4 Å². The Morgan fingerprint density at radius 2 is 1.65 bits per heavy atom. The number of methoxy groups -OCH3 is 1. The van der Waals surface area contributed by atoms with Crippen LogP contribution in [0.3, 0.4) is 0 Å². The SMILES string of the molecule is COc1ccc(-c2ccc3c(C(C)C)cn(-c4ccc(NNS(=O)[O-])cc4)c3c2)cc1. The molecular weight excluding hydrogens is 410 g/mol. The largest absolute Gasteiger partial charge is 0.759 e. The van der Waals surface area contributed by atoms with Gasteiger partial charge in [0, 0.05) is 34.2 Å². The standard InChI is InChI=1S/C24H25N3O3S/c1-16(2)23-15-27(20-9-7-19(8-10-20)25-26-31(28)29)24-14-18(6-13-22(23)24)17-4-11-21(30-3)12-5-17/h4-16,25-26H,1-3H3,(H,28,29)/p-1. The van der Waals surface area contributed by atoms with E-state index < -0.39 is 11.3 Å². The molecule has 0 aliphatic rings. The number of ether oxygens (including phenoxy) is 1. The number of nitrogens with zero attached hydrogens (tertiary/aromatic N) is 1. The predicted octanol–water partition coefficient (Wildman–Crippen LogP) is 5.14. The van der Waals surface area contributed by atoms with Crippen LogP contribution in [0.1, 0.15) is 25.3 Å². The summed E-state index contributed by atoms with van der Waals surface area (Å²) in [4.78, 5) is 2.15. The van der Waals surface area contributed by atoms with Gasteiger partial charge in [-0.15, -0.1) is 0 Å². The highest BCUT2D eigenvalue weighted by atomic mass is 32.2. The third-order valence-electron chi connectivity index (χ3n) is 5.31. The highest BCUT2D eigenvalue weighted by Gasteiger charge is 2.14. The molecule has 4 aromatic rings. The number of hydrazine groups is 1. The average Bonchev–Trinajstić information content (AvgIpc) is 3.17. The van der Waals surface area contributed by atoms with Crippen molar-refractivity contribution in [1.82, 2.24) is 9.40 Å². The minimum Gasteiger partial charge on any atom is -0.759 e. The molecule has 6 nitrogen and oxygen atoms in total. The van der Waals surface area contributed by atoms with E-state index in [-0.39, 0.29) is 0 Å². The van der Waals surface area contributed by atoms with Gasteiger partial charge in [0.1, 0.15) is 5.75 Å². The van der Waals surface area contributed by atoms with E-state index in [0.29, 0.717) is 11.6 Å². The Kier molecular flexibility index (Phi) is 6.08. The van der Waals surface area contributed by atoms with Gasteiger partial charge in [0.05, 0.1) is 12.6 Å². The van der Waals surface area contributed by atoms with Crippen molar-refractivity contribution in [1.29, 1.82) is 0 Å². The quantitative estimate of drug-likeness (QED) is 0.312. The molecule has 0 saturated carbocycles. The third kappa shape index (κ3) is 4.49. The molecule has 0 aliphatic carbocycles. The molecule has 31 heavy (non-hydrogen) atoms. The summed E-state index contributed by atoms with van der Waals surface area (Å²) >= 11 is -2.38. The van der Waals surface area contributed by atoms with Gasteiger partial charge in [-0.25, -0.2) is 0 Å². The van der Waals surface area contributed by atoms with Crippen LogP contribution >= 0.6 is 0 Å². The summed E-state index contributed by atoms with van der Waals surface area (Å²) in [5.74, 6) is 1.21. The Morgan fingerprint density at radius 1 is 0.968 bits per heavy atom. The Bertz CT molecular complexity index is 1220. The first-order chi connectivity index (χ1) is 15.0. The highest BCUT2D eigenvalue weighted by Crippen LogP contribution is 2.33. The number of aromatic nitrogens is 1. The predicted molar refractivity (Wildman–Crippen MR) is 125 cm³/mol. The second kappa shape index (κ2) is 8.93. The minimum absolute atomic E-state index is 0.382. The van der Waals surface area contributed by atoms with Crippen molar-refractivity contribution in [3.05, 3.63) is 78.5 Å². The molecule has 0 saturated heterocycles. The lowest BCUT2D eigenvalue weighted by Gasteiger charge is -2.12. The molecule has 3 aromatic carbocycles. The number of anilines is 1. The number of hydrogen-bond acceptors (Lipinski definition) is 4. The minimum atomic E-state index is -2.38. The normalized spacial score (nSPS) is 12.3. The Morgan fingerprint density at radius 3 is 2.26 bits per heavy atom. The lowest BCUT2D eigenvalue weighted by molar-refractivity contribution is 0.415. The van der Waals surface area contributed by atoms with Crippen molar-refractivity contribution in [3.8, 4) is 22.6 Å². The lowest BCUT2D eigenvalue weighted by atomic mass is 9.99. The zero-order valence-corrected chi connectivity index (χ0v) is 18.4. The third-order valence-corrected chi connectivity index (χ3v) is 5.57. The molecule has 0 aliphatic heterocycles. The van der Waals surface area contributed by atoms with Gasteiger partial charge in [-0.3, -0.25) is 4.21 Å². The van der Waals surface area contributed by atoms with Gasteiger partial charge in [0.15, 0.2) is 0 Å². The first kappa shape index (κ1) is 21.1. The number of rotatable bonds is 7. The molecule has 0 fully saturated rings. The second-order valence-corrected chi connectivity index (χ2v) is 8.25. The highest BCUT2D eigenvalue weighted by molar-refractivity contribution is 7.77. The number of benzene rings is 3. The maximum atomic E-state index is 10.7. The number of nitrogens with one attached hydrogen (secondary N) is 2. The zero-order chi connectivity index (χ0) is 22.0. The van der Waals surface area contributed by atoms with Gasteiger partial charge in [-0.2, -0.15) is 4.83 Å². The van der Waals surface area contributed by atoms with E-state index in [1.54, 1.807) is 7.11 Å². The second-order valence-electron chi connectivity index (χ2n) is 7.58. The van der Waals surface area contributed by atoms with Crippen molar-refractivity contribution < 1.29 is 13.5 Å². The van der Waals surface area contributed by atoms with E-state index in [2.05, 4.69) is 65.2 Å². The van der Waals surface area contributed by atoms with Crippen LogP contribution in [-0.2, 0) is 11.3 Å². The van der Waals surface area contributed by atoms with Crippen LogP contribution in [0.25, 0.3) is 27.7 Å². The molecule has 0 spiro atoms. The van der Waals surface area contributed by atoms with Crippen LogP contribution in [0.15, 0.2) is 72.9 Å². The monoisotopic (exact) mass is 434 g/mol. The molecule has 160 valence electrons. The van der Waals surface area contributed by atoms with Crippen molar-refractivity contribution in [3.63, 3.8) is 0 Å². The summed E-state index contributed by atoms with van der Waals surface area (Å²) in [7, 11) is 1.67. The molecule has 1 unspecified atom stereocenters. The summed E-state index contributed by atoms with van der Waals surface area (Å²) in [5, 5.41) is 1.22. The first-order valence-corrected chi connectivity index (χ1v) is 11.0. The van der Waals surface area contributed by atoms with Crippen molar-refractivity contribution in [2.24, 2.45) is 0 Å². The molecule has 0 radical (unpaired) electrons. The topological polar surface area (TPSA) is 78.3 Å². The number of hydrogen-bond donors (Lipinski definition) is 2. The first-order valence-electron chi connectivity index (χ1n) is 9.97. The van der Waals surface area contributed by atoms with Crippen molar-refractivity contribution in [2.75, 3.05) is 12.5 Å². The van der Waals surface area contributed by atoms with Crippen LogP contribution in [0, 0.1) is 0 Å². The summed E-state index contributed by atoms with van der Waals surface area (Å²) in [5.41, 5.74) is 8.95. The molecular formula is C24H24N3O3S-. The van der Waals surface area contributed by atoms with E-state index in [1.165, 1.54) is 10.9 Å². The van der Waals surface area contributed by atoms with E-state index in [0.717, 1.165) is 28.1 Å². The molecule has 1 aromatic heterocycles. The summed E-state index contributed by atoms with van der Waals surface area (Å²) < 4.78 is 28.8. The van der Waals surface area contributed by atoms with Crippen LogP contribution in [0.5, 0.6) is 5.75 Å². The fourth-order valence-electron chi connectivity index (χ4n) is 3.70. The fourth-order valence-corrected chi connectivity index (χ4v) is 3.90. The van der Waals surface area contributed by atoms with Gasteiger partial charge in [-0.1, -0.05) is 38.1 Å². The maximum Gasteiger partial charge on any atom is 0.118 e. The van der Waals surface area contributed by atoms with Gasteiger partial charge in [0.25, 0.3) is 0 Å². The van der Waals surface area contributed by atoms with Gasteiger partial charge in [0.2, 0.25) is 0 Å². The Hall–Kier alpha value is -3.13. The Balaban J connectivity index is 1.77. The summed E-state index contributed by atoms with van der Waals surface area (Å²) in [6.07, 6.45) is 2.18. The summed E-state index contributed by atoms with van der Waals surface area (Å²) in [6, 6.07) is 22.2. The van der Waals surface area contributed by atoms with E-state index in [9.17, 15) is 8.76 Å². The molecule has 7 heteroatoms. The zero-order valence-electron chi connectivity index (χ0n) is 17.6. The lowest BCUT2D eigenvalue weighted by Crippen LogP contribution is -2.23. The van der Waals surface area contributed by atoms with E-state index in [1.807, 2.05) is 36.4 Å². The number of fused-ring (bicyclic) bond motifs is 1. The molecule has 0 bridgehead atoms. The van der Waals surface area contributed by atoms with E-state index >= 15 is 0 Å².